The van der Waals surface area contributed by atoms with Gasteiger partial charge in [0.15, 0.2) is 0 Å². The minimum atomic E-state index is -0.516. The van der Waals surface area contributed by atoms with E-state index in [1.54, 1.807) is 0 Å². The van der Waals surface area contributed by atoms with Crippen LogP contribution in [0.15, 0.2) is 12.1 Å². The van der Waals surface area contributed by atoms with E-state index < -0.39 is 12.1 Å². The smallest absolute Gasteiger partial charge is 0.123 e. The summed E-state index contributed by atoms with van der Waals surface area (Å²) in [5.74, 6) is 0.659. The lowest BCUT2D eigenvalue weighted by Crippen LogP contribution is -2.32. The van der Waals surface area contributed by atoms with Gasteiger partial charge in [-0.15, -0.1) is 12.4 Å². The summed E-state index contributed by atoms with van der Waals surface area (Å²) in [5, 5.41) is 21.6. The lowest BCUT2D eigenvalue weighted by molar-refractivity contribution is 0.0843. The molecule has 2 atom stereocenters. The molecule has 1 saturated carbocycles. The van der Waals surface area contributed by atoms with Crippen molar-refractivity contribution in [2.45, 2.75) is 90.2 Å². The summed E-state index contributed by atoms with van der Waals surface area (Å²) in [4.78, 5) is 0. The minimum Gasteiger partial charge on any atom is -0.507 e. The zero-order valence-electron chi connectivity index (χ0n) is 16.6. The molecule has 2 rings (SSSR count). The zero-order valence-corrected chi connectivity index (χ0v) is 17.4. The van der Waals surface area contributed by atoms with Crippen LogP contribution in [-0.4, -0.2) is 16.3 Å². The highest BCUT2D eigenvalue weighted by atomic mass is 35.5. The van der Waals surface area contributed by atoms with Crippen LogP contribution in [0, 0.1) is 5.92 Å². The third kappa shape index (κ3) is 4.90. The number of benzene rings is 1. The highest BCUT2D eigenvalue weighted by Crippen LogP contribution is 2.42. The SMILES string of the molecule is CC(C)(C)c1cc([C@@H](N)[C@@H](O)C2CCCC2)cc(C(C)(C)C)c1O.Cl. The van der Waals surface area contributed by atoms with E-state index in [1.807, 2.05) is 12.1 Å². The number of rotatable bonds is 3. The largest absolute Gasteiger partial charge is 0.507 e. The van der Waals surface area contributed by atoms with Crippen LogP contribution in [0.5, 0.6) is 5.75 Å². The van der Waals surface area contributed by atoms with Crippen molar-refractivity contribution in [2.24, 2.45) is 11.7 Å². The maximum atomic E-state index is 10.8. The van der Waals surface area contributed by atoms with E-state index in [2.05, 4.69) is 41.5 Å². The average molecular weight is 370 g/mol. The predicted molar refractivity (Wildman–Crippen MR) is 108 cm³/mol. The normalized spacial score (nSPS) is 18.7. The van der Waals surface area contributed by atoms with Gasteiger partial charge < -0.3 is 15.9 Å². The molecule has 1 aromatic rings. The van der Waals surface area contributed by atoms with Gasteiger partial charge in [0, 0.05) is 0 Å². The Labute approximate surface area is 159 Å². The zero-order chi connectivity index (χ0) is 18.3. The molecule has 1 aliphatic rings. The van der Waals surface area contributed by atoms with E-state index in [-0.39, 0.29) is 23.2 Å². The molecule has 0 unspecified atom stereocenters. The number of phenolic OH excluding ortho intramolecular Hbond substituents is 1. The molecule has 0 heterocycles. The fourth-order valence-corrected chi connectivity index (χ4v) is 3.78. The van der Waals surface area contributed by atoms with E-state index in [0.717, 1.165) is 29.5 Å². The quantitative estimate of drug-likeness (QED) is 0.705. The first-order chi connectivity index (χ1) is 10.9. The highest BCUT2D eigenvalue weighted by molar-refractivity contribution is 5.85. The van der Waals surface area contributed by atoms with Crippen LogP contribution >= 0.6 is 12.4 Å². The number of hydrogen-bond donors (Lipinski definition) is 3. The molecule has 1 aliphatic carbocycles. The van der Waals surface area contributed by atoms with E-state index in [9.17, 15) is 10.2 Å². The number of hydrogen-bond acceptors (Lipinski definition) is 3. The van der Waals surface area contributed by atoms with Crippen molar-refractivity contribution < 1.29 is 10.2 Å². The second-order valence-electron chi connectivity index (χ2n) is 9.53. The van der Waals surface area contributed by atoms with Crippen LogP contribution in [0.3, 0.4) is 0 Å². The van der Waals surface area contributed by atoms with E-state index in [4.69, 9.17) is 5.73 Å². The number of aliphatic hydroxyl groups is 1. The molecule has 4 heteroatoms. The molecule has 0 aliphatic heterocycles. The first-order valence-electron chi connectivity index (χ1n) is 9.24. The van der Waals surface area contributed by atoms with Gasteiger partial charge in [-0.2, -0.15) is 0 Å². The first-order valence-corrected chi connectivity index (χ1v) is 9.24. The van der Waals surface area contributed by atoms with Crippen LogP contribution in [0.1, 0.15) is 90.0 Å². The Morgan fingerprint density at radius 1 is 0.960 bits per heavy atom. The van der Waals surface area contributed by atoms with Crippen molar-refractivity contribution in [3.63, 3.8) is 0 Å². The van der Waals surface area contributed by atoms with Crippen molar-refractivity contribution in [3.05, 3.63) is 28.8 Å². The van der Waals surface area contributed by atoms with Crippen molar-refractivity contribution in [1.29, 1.82) is 0 Å². The monoisotopic (exact) mass is 369 g/mol. The third-order valence-corrected chi connectivity index (χ3v) is 5.38. The van der Waals surface area contributed by atoms with Crippen molar-refractivity contribution >= 4 is 12.4 Å². The Balaban J connectivity index is 0.00000312. The summed E-state index contributed by atoms with van der Waals surface area (Å²) >= 11 is 0. The maximum Gasteiger partial charge on any atom is 0.123 e. The van der Waals surface area contributed by atoms with E-state index in [0.29, 0.717) is 11.7 Å². The molecule has 4 N–H and O–H groups in total. The number of phenols is 1. The lowest BCUT2D eigenvalue weighted by atomic mass is 9.77. The number of aromatic hydroxyl groups is 1. The molecule has 1 fully saturated rings. The van der Waals surface area contributed by atoms with Crippen LogP contribution in [0.25, 0.3) is 0 Å². The summed E-state index contributed by atoms with van der Waals surface area (Å²) < 4.78 is 0. The molecule has 0 radical (unpaired) electrons. The van der Waals surface area contributed by atoms with Gasteiger partial charge in [0.1, 0.15) is 5.75 Å². The second kappa shape index (κ2) is 7.85. The molecule has 1 aromatic carbocycles. The Hall–Kier alpha value is -0.770. The number of aliphatic hydroxyl groups excluding tert-OH is 1. The fourth-order valence-electron chi connectivity index (χ4n) is 3.78. The average Bonchev–Trinajstić information content (AvgIpc) is 2.97. The van der Waals surface area contributed by atoms with E-state index >= 15 is 0 Å². The molecule has 0 aromatic heterocycles. The summed E-state index contributed by atoms with van der Waals surface area (Å²) in [7, 11) is 0. The summed E-state index contributed by atoms with van der Waals surface area (Å²) in [6.07, 6.45) is 3.98. The van der Waals surface area contributed by atoms with Crippen molar-refractivity contribution in [2.75, 3.05) is 0 Å². The standard InChI is InChI=1S/C21H35NO2.ClH/c1-20(2,3)15-11-14(12-16(19(15)24)21(4,5)6)17(22)18(23)13-9-7-8-10-13;/h11-13,17-18,23-24H,7-10,22H2,1-6H3;1H/t17-,18+;/m1./s1. The first kappa shape index (κ1) is 22.3. The second-order valence-corrected chi connectivity index (χ2v) is 9.53. The van der Waals surface area contributed by atoms with Gasteiger partial charge >= 0.3 is 0 Å². The van der Waals surface area contributed by atoms with Gasteiger partial charge in [0.25, 0.3) is 0 Å². The van der Waals surface area contributed by atoms with Crippen LogP contribution in [0.2, 0.25) is 0 Å². The van der Waals surface area contributed by atoms with Gasteiger partial charge in [-0.25, -0.2) is 0 Å². The van der Waals surface area contributed by atoms with Gasteiger partial charge in [0.2, 0.25) is 0 Å². The Morgan fingerprint density at radius 3 is 1.72 bits per heavy atom. The Kier molecular flexibility index (Phi) is 7.00. The van der Waals surface area contributed by atoms with E-state index in [1.165, 1.54) is 12.8 Å². The van der Waals surface area contributed by atoms with Crippen LogP contribution in [0.4, 0.5) is 0 Å². The van der Waals surface area contributed by atoms with Crippen LogP contribution in [-0.2, 0) is 10.8 Å². The topological polar surface area (TPSA) is 66.5 Å². The third-order valence-electron chi connectivity index (χ3n) is 5.38. The fraction of sp³-hybridized carbons (Fsp3) is 0.714. The van der Waals surface area contributed by atoms with Gasteiger partial charge in [-0.05, 0) is 58.4 Å². The molecule has 0 spiro atoms. The summed E-state index contributed by atoms with van der Waals surface area (Å²) in [5.41, 5.74) is 8.83. The van der Waals surface area contributed by atoms with Gasteiger partial charge in [-0.1, -0.05) is 54.4 Å². The molecule has 3 nitrogen and oxygen atoms in total. The Bertz CT molecular complexity index is 546. The predicted octanol–water partition coefficient (Wildman–Crippen LogP) is 4.96. The molecule has 0 amide bonds. The molecule has 0 saturated heterocycles. The van der Waals surface area contributed by atoms with Crippen molar-refractivity contribution in [3.8, 4) is 5.75 Å². The van der Waals surface area contributed by atoms with Gasteiger partial charge in [-0.3, -0.25) is 0 Å². The number of halogens is 1. The molecule has 25 heavy (non-hydrogen) atoms. The minimum absolute atomic E-state index is 0. The van der Waals surface area contributed by atoms with Crippen LogP contribution < -0.4 is 5.73 Å². The Morgan fingerprint density at radius 2 is 1.36 bits per heavy atom. The number of nitrogens with two attached hydrogens (primary N) is 1. The molecular weight excluding hydrogens is 334 g/mol. The summed E-state index contributed by atoms with van der Waals surface area (Å²) in [6, 6.07) is 3.58. The highest BCUT2D eigenvalue weighted by Gasteiger charge is 2.32. The lowest BCUT2D eigenvalue weighted by Gasteiger charge is -2.31. The van der Waals surface area contributed by atoms with Crippen molar-refractivity contribution in [1.82, 2.24) is 0 Å². The molecule has 144 valence electrons. The van der Waals surface area contributed by atoms with Gasteiger partial charge in [0.05, 0.1) is 12.1 Å². The molecule has 0 bridgehead atoms. The maximum absolute atomic E-state index is 10.8. The molecular formula is C21H36ClNO2. The summed E-state index contributed by atoms with van der Waals surface area (Å²) in [6.45, 7) is 12.6.